The summed E-state index contributed by atoms with van der Waals surface area (Å²) in [5.41, 5.74) is 3.12. The molecule has 0 bridgehead atoms. The number of carbonyl (C=O) groups excluding carboxylic acids is 2. The zero-order valence-electron chi connectivity index (χ0n) is 16.9. The number of carbonyl (C=O) groups is 2. The highest BCUT2D eigenvalue weighted by molar-refractivity contribution is 6.30. The molecule has 29 heavy (non-hydrogen) atoms. The molecular formula is C24H24ClNO3. The van der Waals surface area contributed by atoms with Crippen LogP contribution in [0.3, 0.4) is 0 Å². The predicted molar refractivity (Wildman–Crippen MR) is 114 cm³/mol. The summed E-state index contributed by atoms with van der Waals surface area (Å²) in [6.07, 6.45) is 1.43. The lowest BCUT2D eigenvalue weighted by Gasteiger charge is -2.43. The van der Waals surface area contributed by atoms with E-state index in [1.165, 1.54) is 0 Å². The van der Waals surface area contributed by atoms with Crippen molar-refractivity contribution < 1.29 is 14.3 Å². The van der Waals surface area contributed by atoms with E-state index in [9.17, 15) is 9.59 Å². The quantitative estimate of drug-likeness (QED) is 0.671. The second-order valence-corrected chi connectivity index (χ2v) is 8.97. The van der Waals surface area contributed by atoms with Gasteiger partial charge in [0.05, 0.1) is 7.11 Å². The highest BCUT2D eigenvalue weighted by atomic mass is 35.5. The van der Waals surface area contributed by atoms with Gasteiger partial charge in [0.1, 0.15) is 5.75 Å². The Morgan fingerprint density at radius 3 is 2.28 bits per heavy atom. The van der Waals surface area contributed by atoms with E-state index >= 15 is 0 Å². The summed E-state index contributed by atoms with van der Waals surface area (Å²) in [7, 11) is 1.61. The number of halogens is 1. The molecule has 0 N–H and O–H groups in total. The average molecular weight is 410 g/mol. The van der Waals surface area contributed by atoms with Crippen molar-refractivity contribution in [3.05, 3.63) is 70.4 Å². The molecule has 1 unspecified atom stereocenters. The molecule has 5 heteroatoms. The topological polar surface area (TPSA) is 46.6 Å². The van der Waals surface area contributed by atoms with Crippen LogP contribution in [0.15, 0.2) is 59.8 Å². The smallest absolute Gasteiger partial charge is 0.232 e. The molecule has 2 aromatic rings. The van der Waals surface area contributed by atoms with Crippen LogP contribution >= 0.6 is 11.6 Å². The molecule has 1 amide bonds. The Kier molecular flexibility index (Phi) is 4.99. The van der Waals surface area contributed by atoms with Crippen LogP contribution in [-0.2, 0) is 9.59 Å². The van der Waals surface area contributed by atoms with Gasteiger partial charge in [0.25, 0.3) is 0 Å². The number of anilines is 1. The summed E-state index contributed by atoms with van der Waals surface area (Å²) >= 11 is 6.05. The van der Waals surface area contributed by atoms with Gasteiger partial charge in [0, 0.05) is 40.7 Å². The fourth-order valence-electron chi connectivity index (χ4n) is 4.43. The maximum absolute atomic E-state index is 13.3. The Morgan fingerprint density at radius 2 is 1.66 bits per heavy atom. The van der Waals surface area contributed by atoms with Crippen molar-refractivity contribution in [2.75, 3.05) is 12.0 Å². The van der Waals surface area contributed by atoms with E-state index in [0.717, 1.165) is 28.3 Å². The van der Waals surface area contributed by atoms with E-state index in [2.05, 4.69) is 13.8 Å². The molecule has 0 fully saturated rings. The molecule has 2 aromatic carbocycles. The van der Waals surface area contributed by atoms with Gasteiger partial charge in [-0.25, -0.2) is 0 Å². The minimum atomic E-state index is -0.229. The molecule has 4 nitrogen and oxygen atoms in total. The van der Waals surface area contributed by atoms with Gasteiger partial charge in [-0.2, -0.15) is 0 Å². The van der Waals surface area contributed by atoms with Crippen LogP contribution in [0.25, 0.3) is 0 Å². The van der Waals surface area contributed by atoms with E-state index in [0.29, 0.717) is 17.9 Å². The van der Waals surface area contributed by atoms with Crippen molar-refractivity contribution in [3.8, 4) is 5.75 Å². The standard InChI is InChI=1S/C24H24ClNO3/c1-24(2)13-20-23(21(27)14-24)19(15-4-6-16(25)7-5-15)12-22(28)26(20)17-8-10-18(29-3)11-9-17/h4-11,19H,12-14H2,1-3H3. The van der Waals surface area contributed by atoms with E-state index in [1.54, 1.807) is 12.0 Å². The summed E-state index contributed by atoms with van der Waals surface area (Å²) in [5, 5.41) is 0.640. The van der Waals surface area contributed by atoms with Crippen LogP contribution in [0.1, 0.15) is 44.6 Å². The highest BCUT2D eigenvalue weighted by Gasteiger charge is 2.44. The van der Waals surface area contributed by atoms with Crippen molar-refractivity contribution in [2.45, 2.75) is 39.0 Å². The third-order valence-corrected chi connectivity index (χ3v) is 6.00. The number of ketones is 1. The SMILES string of the molecule is COc1ccc(N2C(=O)CC(c3ccc(Cl)cc3)C3=C2CC(C)(C)CC3=O)cc1. The van der Waals surface area contributed by atoms with Gasteiger partial charge in [-0.1, -0.05) is 37.6 Å². The molecule has 1 atom stereocenters. The Hall–Kier alpha value is -2.59. The third-order valence-electron chi connectivity index (χ3n) is 5.75. The first-order valence-electron chi connectivity index (χ1n) is 9.78. The number of Topliss-reactive ketones (excluding diaryl/α,β-unsaturated/α-hetero) is 1. The zero-order valence-corrected chi connectivity index (χ0v) is 17.6. The van der Waals surface area contributed by atoms with Crippen LogP contribution in [0.5, 0.6) is 5.75 Å². The Labute approximate surface area is 176 Å². The minimum absolute atomic E-state index is 0.000586. The number of nitrogens with zero attached hydrogens (tertiary/aromatic N) is 1. The number of rotatable bonds is 3. The summed E-state index contributed by atoms with van der Waals surface area (Å²) < 4.78 is 5.24. The number of hydrogen-bond donors (Lipinski definition) is 0. The zero-order chi connectivity index (χ0) is 20.8. The van der Waals surface area contributed by atoms with E-state index in [-0.39, 0.29) is 29.4 Å². The van der Waals surface area contributed by atoms with Crippen molar-refractivity contribution in [2.24, 2.45) is 5.41 Å². The van der Waals surface area contributed by atoms with Crippen LogP contribution in [0, 0.1) is 5.41 Å². The lowest BCUT2D eigenvalue weighted by atomic mass is 9.69. The molecule has 0 aromatic heterocycles. The normalized spacial score (nSPS) is 21.2. The maximum atomic E-state index is 13.3. The molecule has 1 heterocycles. The minimum Gasteiger partial charge on any atom is -0.497 e. The van der Waals surface area contributed by atoms with Crippen LogP contribution in [0.4, 0.5) is 5.69 Å². The first-order valence-corrected chi connectivity index (χ1v) is 10.2. The van der Waals surface area contributed by atoms with Gasteiger partial charge >= 0.3 is 0 Å². The number of allylic oxidation sites excluding steroid dienone is 2. The van der Waals surface area contributed by atoms with Crippen molar-refractivity contribution >= 4 is 29.0 Å². The van der Waals surface area contributed by atoms with Crippen LogP contribution < -0.4 is 9.64 Å². The van der Waals surface area contributed by atoms with Crippen LogP contribution in [-0.4, -0.2) is 18.8 Å². The Morgan fingerprint density at radius 1 is 1.00 bits per heavy atom. The fraction of sp³-hybridized carbons (Fsp3) is 0.333. The molecule has 0 radical (unpaired) electrons. The van der Waals surface area contributed by atoms with Crippen LogP contribution in [0.2, 0.25) is 5.02 Å². The molecule has 150 valence electrons. The van der Waals surface area contributed by atoms with Gasteiger partial charge in [0.2, 0.25) is 5.91 Å². The Balaban J connectivity index is 1.86. The van der Waals surface area contributed by atoms with Gasteiger partial charge in [0.15, 0.2) is 5.78 Å². The predicted octanol–water partition coefficient (Wildman–Crippen LogP) is 5.51. The first kappa shape index (κ1) is 19.7. The van der Waals surface area contributed by atoms with E-state index in [1.807, 2.05) is 48.5 Å². The molecule has 1 aliphatic heterocycles. The summed E-state index contributed by atoms with van der Waals surface area (Å²) in [6.45, 7) is 4.16. The summed E-state index contributed by atoms with van der Waals surface area (Å²) in [4.78, 5) is 28.3. The molecular weight excluding hydrogens is 386 g/mol. The number of hydrogen-bond acceptors (Lipinski definition) is 3. The van der Waals surface area contributed by atoms with E-state index in [4.69, 9.17) is 16.3 Å². The molecule has 1 aliphatic carbocycles. The number of benzene rings is 2. The lowest BCUT2D eigenvalue weighted by Crippen LogP contribution is -2.43. The third kappa shape index (κ3) is 3.69. The summed E-state index contributed by atoms with van der Waals surface area (Å²) in [6, 6.07) is 14.9. The summed E-state index contributed by atoms with van der Waals surface area (Å²) in [5.74, 6) is 0.626. The molecule has 4 rings (SSSR count). The number of amides is 1. The largest absolute Gasteiger partial charge is 0.497 e. The molecule has 0 saturated carbocycles. The lowest BCUT2D eigenvalue weighted by molar-refractivity contribution is -0.121. The van der Waals surface area contributed by atoms with E-state index < -0.39 is 0 Å². The average Bonchev–Trinajstić information content (AvgIpc) is 2.67. The number of methoxy groups -OCH3 is 1. The van der Waals surface area contributed by atoms with Gasteiger partial charge in [-0.05, 0) is 53.8 Å². The van der Waals surface area contributed by atoms with Crippen molar-refractivity contribution in [3.63, 3.8) is 0 Å². The molecule has 2 aliphatic rings. The van der Waals surface area contributed by atoms with Crippen molar-refractivity contribution in [1.29, 1.82) is 0 Å². The number of ether oxygens (including phenoxy) is 1. The second-order valence-electron chi connectivity index (χ2n) is 8.54. The fourth-order valence-corrected chi connectivity index (χ4v) is 4.55. The highest BCUT2D eigenvalue weighted by Crippen LogP contribution is 2.48. The molecule has 0 saturated heterocycles. The van der Waals surface area contributed by atoms with Gasteiger partial charge < -0.3 is 4.74 Å². The first-order chi connectivity index (χ1) is 13.8. The van der Waals surface area contributed by atoms with Gasteiger partial charge in [-0.15, -0.1) is 0 Å². The van der Waals surface area contributed by atoms with Crippen molar-refractivity contribution in [1.82, 2.24) is 0 Å². The molecule has 0 spiro atoms. The Bertz CT molecular complexity index is 990. The monoisotopic (exact) mass is 409 g/mol. The van der Waals surface area contributed by atoms with Gasteiger partial charge in [-0.3, -0.25) is 14.5 Å². The maximum Gasteiger partial charge on any atom is 0.232 e. The second kappa shape index (κ2) is 7.34.